The Morgan fingerprint density at radius 3 is 2.76 bits per heavy atom. The molecule has 0 aromatic heterocycles. The van der Waals surface area contributed by atoms with Gasteiger partial charge in [0.15, 0.2) is 5.78 Å². The van der Waals surface area contributed by atoms with Gasteiger partial charge in [0.1, 0.15) is 6.10 Å². The lowest BCUT2D eigenvalue weighted by Gasteiger charge is -2.13. The van der Waals surface area contributed by atoms with E-state index in [0.29, 0.717) is 12.8 Å². The van der Waals surface area contributed by atoms with E-state index in [1.165, 1.54) is 7.11 Å². The van der Waals surface area contributed by atoms with Crippen LogP contribution < -0.4 is 0 Å². The van der Waals surface area contributed by atoms with Gasteiger partial charge in [-0.15, -0.1) is 0 Å². The third-order valence-electron chi connectivity index (χ3n) is 3.28. The van der Waals surface area contributed by atoms with Crippen molar-refractivity contribution in [3.8, 4) is 0 Å². The molecule has 0 heterocycles. The third kappa shape index (κ3) is 3.66. The van der Waals surface area contributed by atoms with Crippen molar-refractivity contribution in [2.45, 2.75) is 38.7 Å². The van der Waals surface area contributed by atoms with Gasteiger partial charge in [0, 0.05) is 19.4 Å². The Morgan fingerprint density at radius 2 is 2.24 bits per heavy atom. The largest absolute Gasteiger partial charge is 0.481 e. The molecule has 0 amide bonds. The summed E-state index contributed by atoms with van der Waals surface area (Å²) in [6.45, 7) is 2.03. The van der Waals surface area contributed by atoms with Crippen molar-refractivity contribution >= 4 is 11.8 Å². The van der Waals surface area contributed by atoms with Gasteiger partial charge in [-0.25, -0.2) is 0 Å². The smallest absolute Gasteiger partial charge is 0.303 e. The summed E-state index contributed by atoms with van der Waals surface area (Å²) in [6.07, 6.45) is 5.70. The van der Waals surface area contributed by atoms with Crippen molar-refractivity contribution in [1.29, 1.82) is 0 Å². The number of rotatable bonds is 6. The first-order valence-electron chi connectivity index (χ1n) is 6.03. The fraction of sp³-hybridized carbons (Fsp3) is 0.692. The van der Waals surface area contributed by atoms with E-state index >= 15 is 0 Å². The average Bonchev–Trinajstić information content (AvgIpc) is 2.56. The second kappa shape index (κ2) is 6.55. The van der Waals surface area contributed by atoms with E-state index in [9.17, 15) is 9.59 Å². The van der Waals surface area contributed by atoms with Crippen LogP contribution in [0.3, 0.4) is 0 Å². The van der Waals surface area contributed by atoms with E-state index in [0.717, 1.165) is 6.42 Å². The van der Waals surface area contributed by atoms with E-state index in [1.807, 2.05) is 19.1 Å². The normalized spacial score (nSPS) is 29.1. The average molecular weight is 240 g/mol. The van der Waals surface area contributed by atoms with Crippen molar-refractivity contribution < 1.29 is 19.4 Å². The highest BCUT2D eigenvalue weighted by atomic mass is 16.5. The summed E-state index contributed by atoms with van der Waals surface area (Å²) in [5.41, 5.74) is 0. The molecule has 1 fully saturated rings. The Bertz CT molecular complexity index is 309. The molecule has 17 heavy (non-hydrogen) atoms. The van der Waals surface area contributed by atoms with E-state index in [-0.39, 0.29) is 24.0 Å². The van der Waals surface area contributed by atoms with Crippen LogP contribution in [-0.2, 0) is 14.3 Å². The van der Waals surface area contributed by atoms with Gasteiger partial charge in [-0.05, 0) is 25.2 Å². The Kier molecular flexibility index (Phi) is 5.35. The first kappa shape index (κ1) is 13.9. The highest BCUT2D eigenvalue weighted by Crippen LogP contribution is 2.35. The molecular weight excluding hydrogens is 220 g/mol. The molecular formula is C13H20O4. The first-order chi connectivity index (χ1) is 8.10. The first-order valence-corrected chi connectivity index (χ1v) is 6.03. The predicted molar refractivity (Wildman–Crippen MR) is 63.7 cm³/mol. The standard InChI is InChI=1S/C13H20O4/c1-3-4-5-6-10-9(8-12(14)15)7-11(17-2)13(10)16/h4-5,9-11H,3,6-8H2,1-2H3,(H,14,15)/b5-4-/t9-,10-,11-/m1/s1. The van der Waals surface area contributed by atoms with Crippen LogP contribution in [0.5, 0.6) is 0 Å². The number of carbonyl (C=O) groups excluding carboxylic acids is 1. The number of ether oxygens (including phenoxy) is 1. The molecule has 0 spiro atoms. The molecule has 1 N–H and O–H groups in total. The summed E-state index contributed by atoms with van der Waals surface area (Å²) in [6, 6.07) is 0. The molecule has 1 saturated carbocycles. The molecule has 96 valence electrons. The molecule has 0 aromatic carbocycles. The van der Waals surface area contributed by atoms with Gasteiger partial charge in [-0.1, -0.05) is 19.1 Å². The van der Waals surface area contributed by atoms with Crippen LogP contribution >= 0.6 is 0 Å². The highest BCUT2D eigenvalue weighted by Gasteiger charge is 2.42. The molecule has 4 heteroatoms. The SMILES string of the molecule is CC/C=C\C[C@H]1C(=O)[C@H](OC)C[C@@H]1CC(=O)O. The lowest BCUT2D eigenvalue weighted by Crippen LogP contribution is -2.21. The molecule has 1 aliphatic carbocycles. The van der Waals surface area contributed by atoms with Gasteiger partial charge in [0.05, 0.1) is 0 Å². The molecule has 3 atom stereocenters. The Morgan fingerprint density at radius 1 is 1.53 bits per heavy atom. The zero-order chi connectivity index (χ0) is 12.8. The van der Waals surface area contributed by atoms with Crippen LogP contribution in [0.1, 0.15) is 32.6 Å². The number of ketones is 1. The number of aliphatic carboxylic acids is 1. The zero-order valence-electron chi connectivity index (χ0n) is 10.4. The Balaban J connectivity index is 2.68. The van der Waals surface area contributed by atoms with Gasteiger partial charge in [0.2, 0.25) is 0 Å². The van der Waals surface area contributed by atoms with E-state index in [2.05, 4.69) is 0 Å². The number of allylic oxidation sites excluding steroid dienone is 2. The van der Waals surface area contributed by atoms with E-state index in [4.69, 9.17) is 9.84 Å². The van der Waals surface area contributed by atoms with Crippen LogP contribution in [0, 0.1) is 11.8 Å². The van der Waals surface area contributed by atoms with Crippen molar-refractivity contribution in [3.05, 3.63) is 12.2 Å². The van der Waals surface area contributed by atoms with Crippen molar-refractivity contribution in [1.82, 2.24) is 0 Å². The van der Waals surface area contributed by atoms with Gasteiger partial charge in [0.25, 0.3) is 0 Å². The molecule has 0 saturated heterocycles. The minimum atomic E-state index is -0.843. The Hall–Kier alpha value is -1.16. The van der Waals surface area contributed by atoms with E-state index in [1.54, 1.807) is 0 Å². The fourth-order valence-electron chi connectivity index (χ4n) is 2.41. The summed E-state index contributed by atoms with van der Waals surface area (Å²) in [5.74, 6) is -1.08. The summed E-state index contributed by atoms with van der Waals surface area (Å²) in [7, 11) is 1.50. The zero-order valence-corrected chi connectivity index (χ0v) is 10.4. The summed E-state index contributed by atoms with van der Waals surface area (Å²) >= 11 is 0. The molecule has 0 radical (unpaired) electrons. The maximum atomic E-state index is 12.0. The Labute approximate surface area is 102 Å². The lowest BCUT2D eigenvalue weighted by molar-refractivity contribution is -0.138. The van der Waals surface area contributed by atoms with Gasteiger partial charge < -0.3 is 9.84 Å². The molecule has 1 aliphatic rings. The van der Waals surface area contributed by atoms with Crippen molar-refractivity contribution in [2.24, 2.45) is 11.8 Å². The molecule has 0 bridgehead atoms. The van der Waals surface area contributed by atoms with Crippen LogP contribution in [-0.4, -0.2) is 30.1 Å². The van der Waals surface area contributed by atoms with Crippen LogP contribution in [0.2, 0.25) is 0 Å². The fourth-order valence-corrected chi connectivity index (χ4v) is 2.41. The molecule has 0 unspecified atom stereocenters. The molecule has 0 aromatic rings. The van der Waals surface area contributed by atoms with Gasteiger partial charge >= 0.3 is 5.97 Å². The second-order valence-corrected chi connectivity index (χ2v) is 4.44. The summed E-state index contributed by atoms with van der Waals surface area (Å²) < 4.78 is 5.11. The second-order valence-electron chi connectivity index (χ2n) is 4.44. The predicted octanol–water partition coefficient (Wildman–Crippen LogP) is 2.04. The minimum absolute atomic E-state index is 0.0518. The summed E-state index contributed by atoms with van der Waals surface area (Å²) in [4.78, 5) is 22.7. The van der Waals surface area contributed by atoms with Crippen LogP contribution in [0.25, 0.3) is 0 Å². The lowest BCUT2D eigenvalue weighted by atomic mass is 9.89. The number of hydrogen-bond donors (Lipinski definition) is 1. The molecule has 4 nitrogen and oxygen atoms in total. The van der Waals surface area contributed by atoms with Gasteiger partial charge in [-0.3, -0.25) is 9.59 Å². The number of carbonyl (C=O) groups is 2. The maximum absolute atomic E-state index is 12.0. The summed E-state index contributed by atoms with van der Waals surface area (Å²) in [5, 5.41) is 8.84. The third-order valence-corrected chi connectivity index (χ3v) is 3.28. The number of methoxy groups -OCH3 is 1. The van der Waals surface area contributed by atoms with Crippen LogP contribution in [0.4, 0.5) is 0 Å². The number of carboxylic acid groups (broad SMARTS) is 1. The van der Waals surface area contributed by atoms with Crippen molar-refractivity contribution in [3.63, 3.8) is 0 Å². The monoisotopic (exact) mass is 240 g/mol. The number of carboxylic acids is 1. The van der Waals surface area contributed by atoms with Crippen molar-refractivity contribution in [2.75, 3.05) is 7.11 Å². The van der Waals surface area contributed by atoms with Crippen LogP contribution in [0.15, 0.2) is 12.2 Å². The van der Waals surface area contributed by atoms with Gasteiger partial charge in [-0.2, -0.15) is 0 Å². The minimum Gasteiger partial charge on any atom is -0.481 e. The number of hydrogen-bond acceptors (Lipinski definition) is 3. The highest BCUT2D eigenvalue weighted by molar-refractivity contribution is 5.88. The van der Waals surface area contributed by atoms with E-state index < -0.39 is 12.1 Å². The topological polar surface area (TPSA) is 63.6 Å². The molecule has 1 rings (SSSR count). The molecule has 0 aliphatic heterocycles. The number of Topliss-reactive ketones (excluding diaryl/α,β-unsaturated/α-hetero) is 1. The quantitative estimate of drug-likeness (QED) is 0.721. The maximum Gasteiger partial charge on any atom is 0.303 e.